The van der Waals surface area contributed by atoms with Crippen molar-refractivity contribution in [1.29, 1.82) is 0 Å². The van der Waals surface area contributed by atoms with E-state index in [9.17, 15) is 0 Å². The first-order valence-corrected chi connectivity index (χ1v) is 27.3. The van der Waals surface area contributed by atoms with Crippen molar-refractivity contribution in [3.05, 3.63) is 258 Å². The van der Waals surface area contributed by atoms with Crippen LogP contribution in [-0.4, -0.2) is 0 Å². The molecule has 0 unspecified atom stereocenters. The van der Waals surface area contributed by atoms with Gasteiger partial charge in [-0.2, -0.15) is 0 Å². The molecule has 6 heteroatoms. The Bertz CT molecular complexity index is 4040. The van der Waals surface area contributed by atoms with Crippen molar-refractivity contribution in [3.8, 4) is 22.3 Å². The smallest absolute Gasteiger partial charge is 0.159 e. The van der Waals surface area contributed by atoms with E-state index in [4.69, 9.17) is 16.0 Å². The maximum Gasteiger partial charge on any atom is 0.159 e. The molecule has 0 bridgehead atoms. The molecular weight excluding hydrogens is 966 g/mol. The first-order chi connectivity index (χ1) is 36.9. The summed E-state index contributed by atoms with van der Waals surface area (Å²) in [5.74, 6) is 0. The van der Waals surface area contributed by atoms with E-state index < -0.39 is 0 Å². The fourth-order valence-corrected chi connectivity index (χ4v) is 11.7. The predicted molar refractivity (Wildman–Crippen MR) is 326 cm³/mol. The average molecular weight is 1020 g/mol. The van der Waals surface area contributed by atoms with E-state index in [1.165, 1.54) is 21.4 Å². The fraction of sp³-hybridized carbons (Fsp3) is 0.114. The van der Waals surface area contributed by atoms with E-state index in [2.05, 4.69) is 286 Å². The average Bonchev–Trinajstić information content (AvgIpc) is 4.05. The maximum absolute atomic E-state index is 8.19. The molecule has 0 spiro atoms. The number of benzene rings is 10. The Morgan fingerprint density at radius 3 is 1.55 bits per heavy atom. The molecule has 0 aliphatic heterocycles. The van der Waals surface area contributed by atoms with Crippen molar-refractivity contribution in [3.63, 3.8) is 0 Å². The third-order valence-electron chi connectivity index (χ3n) is 14.5. The van der Waals surface area contributed by atoms with Gasteiger partial charge in [-0.3, -0.25) is 0 Å². The molecule has 0 atom stereocenters. The van der Waals surface area contributed by atoms with Gasteiger partial charge in [-0.05, 0) is 124 Å². The zero-order valence-corrected chi connectivity index (χ0v) is 45.2. The number of rotatable bonds is 11. The topological polar surface area (TPSA) is 22.9 Å². The van der Waals surface area contributed by atoms with Crippen LogP contribution in [0.1, 0.15) is 52.7 Å². The molecular formula is C70H58ClN3OS. The van der Waals surface area contributed by atoms with Gasteiger partial charge < -0.3 is 19.1 Å². The van der Waals surface area contributed by atoms with Gasteiger partial charge in [0.15, 0.2) is 5.58 Å². The summed E-state index contributed by atoms with van der Waals surface area (Å²) in [5, 5.41) is 6.09. The summed E-state index contributed by atoms with van der Waals surface area (Å²) >= 11 is 9.94. The highest BCUT2D eigenvalue weighted by molar-refractivity contribution is 7.17. The van der Waals surface area contributed by atoms with Crippen LogP contribution in [0, 0.1) is 0 Å². The predicted octanol–water partition coefficient (Wildman–Crippen LogP) is 21.8. The van der Waals surface area contributed by atoms with Gasteiger partial charge in [0, 0.05) is 54.6 Å². The van der Waals surface area contributed by atoms with Crippen LogP contribution < -0.4 is 14.7 Å². The highest BCUT2D eigenvalue weighted by atomic mass is 35.5. The number of furan rings is 1. The number of fused-ring (bicyclic) bond motifs is 4. The minimum Gasteiger partial charge on any atom is -0.454 e. The second-order valence-electron chi connectivity index (χ2n) is 21.6. The molecule has 0 aliphatic carbocycles. The lowest BCUT2D eigenvalue weighted by Crippen LogP contribution is -2.16. The number of anilines is 9. The van der Waals surface area contributed by atoms with E-state index in [0.717, 1.165) is 95.2 Å². The summed E-state index contributed by atoms with van der Waals surface area (Å²) in [6, 6.07) is 84.7. The number of hydrogen-bond acceptors (Lipinski definition) is 5. The number of nitrogens with zero attached hydrogens (tertiary/aromatic N) is 3. The number of thiophene rings is 1. The quantitative estimate of drug-likeness (QED) is 0.129. The number of para-hydroxylation sites is 3. The molecule has 0 saturated heterocycles. The molecule has 10 aromatic carbocycles. The molecule has 12 rings (SSSR count). The SMILES string of the molecule is CC(C)(C)c1ccc(N(c2cccc(N(c3cccc(N(c4ccc(C(C)(C)C)cc4)c4csc5ccc(-c6ccccc6)cc45)c3Cl)c3cccc4c3oc3ccccc34)c2)c2ccccc2-c2ccccc2)cc1. The molecule has 76 heavy (non-hydrogen) atoms. The minimum atomic E-state index is -0.0254. The first kappa shape index (κ1) is 48.6. The van der Waals surface area contributed by atoms with Crippen molar-refractivity contribution in [2.45, 2.75) is 52.4 Å². The zero-order chi connectivity index (χ0) is 52.1. The zero-order valence-electron chi connectivity index (χ0n) is 43.6. The van der Waals surface area contributed by atoms with E-state index >= 15 is 0 Å². The molecule has 2 heterocycles. The van der Waals surface area contributed by atoms with E-state index in [-0.39, 0.29) is 10.8 Å². The van der Waals surface area contributed by atoms with Gasteiger partial charge >= 0.3 is 0 Å². The van der Waals surface area contributed by atoms with Gasteiger partial charge in [0.05, 0.1) is 33.5 Å². The van der Waals surface area contributed by atoms with Gasteiger partial charge in [0.2, 0.25) is 0 Å². The van der Waals surface area contributed by atoms with Crippen LogP contribution in [0.2, 0.25) is 5.02 Å². The summed E-state index contributed by atoms with van der Waals surface area (Å²) < 4.78 is 8.10. The van der Waals surface area contributed by atoms with Gasteiger partial charge in [-0.25, -0.2) is 0 Å². The van der Waals surface area contributed by atoms with Crippen molar-refractivity contribution in [2.75, 3.05) is 14.7 Å². The van der Waals surface area contributed by atoms with E-state index in [1.54, 1.807) is 11.3 Å². The molecule has 12 aromatic rings. The number of hydrogen-bond donors (Lipinski definition) is 0. The van der Waals surface area contributed by atoms with Crippen LogP contribution in [0.4, 0.5) is 51.2 Å². The Balaban J connectivity index is 1.09. The van der Waals surface area contributed by atoms with Crippen LogP contribution >= 0.6 is 22.9 Å². The van der Waals surface area contributed by atoms with Crippen LogP contribution in [0.25, 0.3) is 54.3 Å². The summed E-state index contributed by atoms with van der Waals surface area (Å²) in [5.41, 5.74) is 17.3. The monoisotopic (exact) mass is 1020 g/mol. The maximum atomic E-state index is 8.19. The molecule has 4 nitrogen and oxygen atoms in total. The highest BCUT2D eigenvalue weighted by Gasteiger charge is 2.28. The van der Waals surface area contributed by atoms with Crippen molar-refractivity contribution in [1.82, 2.24) is 0 Å². The molecule has 0 amide bonds. The van der Waals surface area contributed by atoms with Gasteiger partial charge in [0.1, 0.15) is 5.58 Å². The minimum absolute atomic E-state index is 0.00964. The first-order valence-electron chi connectivity index (χ1n) is 26.0. The Kier molecular flexibility index (Phi) is 12.6. The lowest BCUT2D eigenvalue weighted by molar-refractivity contribution is 0.590. The molecule has 2 aromatic heterocycles. The normalized spacial score (nSPS) is 11.9. The fourth-order valence-electron chi connectivity index (χ4n) is 10.5. The van der Waals surface area contributed by atoms with Crippen molar-refractivity contribution < 1.29 is 4.42 Å². The summed E-state index contributed by atoms with van der Waals surface area (Å²) in [6.07, 6.45) is 0. The molecule has 0 N–H and O–H groups in total. The summed E-state index contributed by atoms with van der Waals surface area (Å²) in [4.78, 5) is 7.00. The van der Waals surface area contributed by atoms with Crippen LogP contribution in [0.5, 0.6) is 0 Å². The summed E-state index contributed by atoms with van der Waals surface area (Å²) in [7, 11) is 0. The molecule has 372 valence electrons. The third kappa shape index (κ3) is 9.10. The number of halogens is 1. The van der Waals surface area contributed by atoms with Crippen LogP contribution in [0.15, 0.2) is 246 Å². The highest BCUT2D eigenvalue weighted by Crippen LogP contribution is 2.52. The molecule has 0 radical (unpaired) electrons. The molecule has 0 aliphatic rings. The molecule has 0 fully saturated rings. The second kappa shape index (κ2) is 19.7. The van der Waals surface area contributed by atoms with Crippen molar-refractivity contribution >= 4 is 106 Å². The van der Waals surface area contributed by atoms with E-state index in [0.29, 0.717) is 5.02 Å². The van der Waals surface area contributed by atoms with E-state index in [1.807, 2.05) is 12.1 Å². The Morgan fingerprint density at radius 2 is 0.882 bits per heavy atom. The third-order valence-corrected chi connectivity index (χ3v) is 15.9. The standard InChI is InChI=1S/C70H58ClN3OS/c1-69(2,3)50-35-39-52(40-36-50)72(60-29-15-13-26-56(60)48-22-11-8-12-23-48)54-24-17-25-55(45-54)74(63-32-18-28-58-57-27-14-16-33-65(57)75-68(58)63)62-31-19-30-61(67(62)71)73(53-41-37-51(38-42-53)70(4,5)6)64-46-76-66-43-34-49(44-59(64)66)47-20-9-7-10-21-47/h7-46H,1-6H3. The Hall–Kier alpha value is -8.35. The van der Waals surface area contributed by atoms with Crippen molar-refractivity contribution in [2.24, 2.45) is 0 Å². The van der Waals surface area contributed by atoms with Crippen LogP contribution in [-0.2, 0) is 10.8 Å². The lowest BCUT2D eigenvalue weighted by Gasteiger charge is -2.32. The summed E-state index contributed by atoms with van der Waals surface area (Å²) in [6.45, 7) is 13.6. The van der Waals surface area contributed by atoms with Gasteiger partial charge in [-0.15, -0.1) is 11.3 Å². The molecule has 0 saturated carbocycles. The van der Waals surface area contributed by atoms with Gasteiger partial charge in [-0.1, -0.05) is 205 Å². The Labute approximate surface area is 455 Å². The largest absolute Gasteiger partial charge is 0.454 e. The second-order valence-corrected chi connectivity index (χ2v) is 22.9. The van der Waals surface area contributed by atoms with Crippen LogP contribution in [0.3, 0.4) is 0 Å². The lowest BCUT2D eigenvalue weighted by atomic mass is 9.87. The Morgan fingerprint density at radius 1 is 0.368 bits per heavy atom. The van der Waals surface area contributed by atoms with Gasteiger partial charge in [0.25, 0.3) is 0 Å².